The van der Waals surface area contributed by atoms with Crippen LogP contribution in [0.2, 0.25) is 5.02 Å². The molecule has 67 heavy (non-hydrogen) atoms. The van der Waals surface area contributed by atoms with Gasteiger partial charge in [-0.1, -0.05) is 84.3 Å². The molecule has 2 fully saturated rings. The Kier molecular flexibility index (Phi) is 16.5. The normalized spacial score (nSPS) is 19.9. The number of carbonyl (C=O) groups is 4. The molecule has 6 rings (SSSR count). The number of hydrogen-bond acceptors (Lipinski definition) is 11. The van der Waals surface area contributed by atoms with E-state index >= 15 is 0 Å². The van der Waals surface area contributed by atoms with Gasteiger partial charge in [0.2, 0.25) is 11.8 Å². The lowest BCUT2D eigenvalue weighted by atomic mass is 9.49. The van der Waals surface area contributed by atoms with Crippen LogP contribution >= 0.6 is 11.6 Å². The van der Waals surface area contributed by atoms with Crippen LogP contribution in [-0.2, 0) is 25.7 Å². The van der Waals surface area contributed by atoms with E-state index in [1.54, 1.807) is 48.8 Å². The largest absolute Gasteiger partial charge is 0.489 e. The summed E-state index contributed by atoms with van der Waals surface area (Å²) in [5.41, 5.74) is 2.22. The average Bonchev–Trinajstić information content (AvgIpc) is 3.70. The molecule has 3 aromatic carbocycles. The van der Waals surface area contributed by atoms with Crippen LogP contribution in [-0.4, -0.2) is 94.1 Å². The SMILES string of the molecule is CC1(C)C(NC(=O)c2ccc(NCCCCCOCC(=O)C[C@H](C(=O)N3C[C@H](O)C[C@H]3C(=O)NCc3ccc(-c4ncccn4)cc3)C(C)(C)C)cc2)C(C)(C)C1Oc1ccc(C#N)c(Cl)c1. The third kappa shape index (κ3) is 12.6. The molecule has 0 bridgehead atoms. The second-order valence-corrected chi connectivity index (χ2v) is 20.4. The third-order valence-electron chi connectivity index (χ3n) is 13.0. The molecule has 1 aliphatic carbocycles. The molecule has 4 N–H and O–H groups in total. The molecule has 3 amide bonds. The topological polar surface area (TPSA) is 196 Å². The Balaban J connectivity index is 0.877. The lowest BCUT2D eigenvalue weighted by Crippen LogP contribution is -2.74. The number of carbonyl (C=O) groups excluding carboxylic acids is 4. The van der Waals surface area contributed by atoms with Crippen LogP contribution in [0.4, 0.5) is 5.69 Å². The minimum Gasteiger partial charge on any atom is -0.489 e. The minimum absolute atomic E-state index is 0.0211. The van der Waals surface area contributed by atoms with Crippen LogP contribution in [0.1, 0.15) is 102 Å². The van der Waals surface area contributed by atoms with E-state index in [4.69, 9.17) is 21.1 Å². The maximum absolute atomic E-state index is 14.0. The summed E-state index contributed by atoms with van der Waals surface area (Å²) in [6.07, 6.45) is 4.88. The van der Waals surface area contributed by atoms with Crippen LogP contribution in [0, 0.1) is 33.5 Å². The summed E-state index contributed by atoms with van der Waals surface area (Å²) < 4.78 is 12.1. The molecule has 15 heteroatoms. The molecule has 14 nitrogen and oxygen atoms in total. The number of nitrogens with one attached hydrogen (secondary N) is 3. The van der Waals surface area contributed by atoms with Crippen LogP contribution in [0.15, 0.2) is 85.2 Å². The maximum Gasteiger partial charge on any atom is 0.251 e. The number of hydrogen-bond donors (Lipinski definition) is 4. The van der Waals surface area contributed by atoms with Crippen molar-refractivity contribution < 1.29 is 33.8 Å². The number of ketones is 1. The van der Waals surface area contributed by atoms with Crippen molar-refractivity contribution in [3.8, 4) is 23.2 Å². The van der Waals surface area contributed by atoms with Gasteiger partial charge in [0.05, 0.1) is 16.7 Å². The lowest BCUT2D eigenvalue weighted by molar-refractivity contribution is -0.164. The Bertz CT molecular complexity index is 2380. The van der Waals surface area contributed by atoms with Crippen molar-refractivity contribution in [3.63, 3.8) is 0 Å². The van der Waals surface area contributed by atoms with E-state index in [1.165, 1.54) is 4.90 Å². The first-order valence-corrected chi connectivity index (χ1v) is 23.4. The summed E-state index contributed by atoms with van der Waals surface area (Å²) >= 11 is 6.24. The molecule has 1 aliphatic heterocycles. The number of nitrogens with zero attached hydrogens (tertiary/aromatic N) is 4. The molecular formula is C52H64ClN7O7. The van der Waals surface area contributed by atoms with Crippen molar-refractivity contribution in [1.29, 1.82) is 5.26 Å². The molecule has 1 saturated heterocycles. The van der Waals surface area contributed by atoms with E-state index in [0.717, 1.165) is 42.6 Å². The summed E-state index contributed by atoms with van der Waals surface area (Å²) in [4.78, 5) is 64.0. The van der Waals surface area contributed by atoms with E-state index in [0.29, 0.717) is 34.3 Å². The molecule has 0 radical (unpaired) electrons. The van der Waals surface area contributed by atoms with Crippen LogP contribution < -0.4 is 20.7 Å². The van der Waals surface area contributed by atoms with Crippen molar-refractivity contribution in [1.82, 2.24) is 25.5 Å². The fourth-order valence-electron chi connectivity index (χ4n) is 9.56. The molecule has 2 aliphatic rings. The van der Waals surface area contributed by atoms with E-state index in [9.17, 15) is 29.5 Å². The fourth-order valence-corrected chi connectivity index (χ4v) is 9.77. The van der Waals surface area contributed by atoms with Crippen molar-refractivity contribution in [2.75, 3.05) is 31.6 Å². The number of amides is 3. The molecule has 1 saturated carbocycles. The van der Waals surface area contributed by atoms with Gasteiger partial charge in [-0.25, -0.2) is 9.97 Å². The summed E-state index contributed by atoms with van der Waals surface area (Å²) in [5, 5.41) is 29.7. The lowest BCUT2D eigenvalue weighted by Gasteiger charge is -2.63. The smallest absolute Gasteiger partial charge is 0.251 e. The number of halogens is 1. The Morgan fingerprint density at radius 1 is 0.955 bits per heavy atom. The van der Waals surface area contributed by atoms with Gasteiger partial charge in [-0.05, 0) is 72.7 Å². The Morgan fingerprint density at radius 2 is 1.64 bits per heavy atom. The highest BCUT2D eigenvalue weighted by Crippen LogP contribution is 2.55. The van der Waals surface area contributed by atoms with Gasteiger partial charge in [-0.3, -0.25) is 19.2 Å². The van der Waals surface area contributed by atoms with Gasteiger partial charge in [-0.15, -0.1) is 0 Å². The van der Waals surface area contributed by atoms with Crippen molar-refractivity contribution in [3.05, 3.63) is 107 Å². The number of β-amino-alcohol motifs (C(OH)–C–C–N with tert-alkyl or cyclic N) is 1. The number of unbranched alkanes of at least 4 members (excludes halogenated alkanes) is 2. The third-order valence-corrected chi connectivity index (χ3v) is 13.3. The molecule has 2 heterocycles. The molecule has 4 aromatic rings. The number of ether oxygens (including phenoxy) is 2. The van der Waals surface area contributed by atoms with Crippen molar-refractivity contribution in [2.45, 2.75) is 111 Å². The zero-order chi connectivity index (χ0) is 48.5. The monoisotopic (exact) mass is 933 g/mol. The number of rotatable bonds is 20. The molecule has 356 valence electrons. The van der Waals surface area contributed by atoms with E-state index in [2.05, 4.69) is 59.7 Å². The van der Waals surface area contributed by atoms with E-state index < -0.39 is 23.5 Å². The maximum atomic E-state index is 14.0. The van der Waals surface area contributed by atoms with E-state index in [1.807, 2.05) is 57.2 Å². The first-order chi connectivity index (χ1) is 31.8. The van der Waals surface area contributed by atoms with Crippen LogP contribution in [0.3, 0.4) is 0 Å². The van der Waals surface area contributed by atoms with Gasteiger partial charge in [0.15, 0.2) is 11.6 Å². The van der Waals surface area contributed by atoms with Gasteiger partial charge in [-0.2, -0.15) is 5.26 Å². The quantitative estimate of drug-likeness (QED) is 0.0632. The zero-order valence-electron chi connectivity index (χ0n) is 39.6. The fraction of sp³-hybridized carbons (Fsp3) is 0.481. The number of aliphatic hydroxyl groups excluding tert-OH is 1. The van der Waals surface area contributed by atoms with Gasteiger partial charge in [0.1, 0.15) is 30.6 Å². The number of Topliss-reactive ketones (excluding diaryl/α,β-unsaturated/α-hetero) is 1. The first kappa shape index (κ1) is 50.5. The van der Waals surface area contributed by atoms with Crippen LogP contribution in [0.25, 0.3) is 11.4 Å². The summed E-state index contributed by atoms with van der Waals surface area (Å²) in [7, 11) is 0. The first-order valence-electron chi connectivity index (χ1n) is 23.0. The average molecular weight is 935 g/mol. The summed E-state index contributed by atoms with van der Waals surface area (Å²) in [6, 6.07) is 22.8. The molecular weight excluding hydrogens is 870 g/mol. The summed E-state index contributed by atoms with van der Waals surface area (Å²) in [5.74, 6) is -0.561. The van der Waals surface area contributed by atoms with Gasteiger partial charge < -0.3 is 35.4 Å². The highest BCUT2D eigenvalue weighted by Gasteiger charge is 2.64. The van der Waals surface area contributed by atoms with Gasteiger partial charge >= 0.3 is 0 Å². The zero-order valence-corrected chi connectivity index (χ0v) is 40.4. The highest BCUT2D eigenvalue weighted by molar-refractivity contribution is 6.31. The summed E-state index contributed by atoms with van der Waals surface area (Å²) in [6.45, 7) is 15.2. The Morgan fingerprint density at radius 3 is 2.28 bits per heavy atom. The molecule has 3 atom stereocenters. The number of aliphatic hydroxyl groups is 1. The molecule has 0 unspecified atom stereocenters. The Labute approximate surface area is 399 Å². The second-order valence-electron chi connectivity index (χ2n) is 20.0. The number of anilines is 1. The van der Waals surface area contributed by atoms with Gasteiger partial charge in [0, 0.05) is 97.1 Å². The number of aromatic nitrogens is 2. The molecule has 1 aromatic heterocycles. The van der Waals surface area contributed by atoms with E-state index in [-0.39, 0.29) is 79.0 Å². The predicted octanol–water partition coefficient (Wildman–Crippen LogP) is 7.78. The molecule has 0 spiro atoms. The number of likely N-dealkylation sites (tertiary alicyclic amines) is 1. The van der Waals surface area contributed by atoms with Crippen molar-refractivity contribution >= 4 is 40.8 Å². The second kappa shape index (κ2) is 21.8. The standard InChI is InChI=1S/C52H64ClN7O7/c1-50(2,3)41(47(65)60-31-38(61)27-43(60)46(64)58-30-33-12-14-34(15-13-33)44-56-23-11-24-57-44)26-39(62)32-66-25-10-8-9-22-55-37-19-16-35(17-20-37)45(63)59-48-51(4,5)49(52(48,6)7)67-40-21-18-36(29-54)42(53)28-40/h11-21,23-24,28,38,41,43,48-49,55,61H,8-10,22,25-27,30-32H2,1-7H3,(H,58,64)(H,59,63)/t38-,41-,43+,48?,49?/m1/s1. The minimum atomic E-state index is -0.853. The number of benzene rings is 3. The Hall–Kier alpha value is -5.88. The van der Waals surface area contributed by atoms with Crippen molar-refractivity contribution in [2.24, 2.45) is 22.2 Å². The highest BCUT2D eigenvalue weighted by atomic mass is 35.5. The number of nitriles is 1. The van der Waals surface area contributed by atoms with Gasteiger partial charge in [0.25, 0.3) is 5.91 Å². The predicted molar refractivity (Wildman–Crippen MR) is 257 cm³/mol. The van der Waals surface area contributed by atoms with Crippen LogP contribution in [0.5, 0.6) is 5.75 Å².